The van der Waals surface area contributed by atoms with E-state index in [1.807, 2.05) is 136 Å². The van der Waals surface area contributed by atoms with Gasteiger partial charge in [-0.1, -0.05) is 56.0 Å². The van der Waals surface area contributed by atoms with Crippen LogP contribution in [0.15, 0.2) is 212 Å². The minimum atomic E-state index is -0.826. The molecule has 0 bridgehead atoms. The van der Waals surface area contributed by atoms with Crippen LogP contribution < -0.4 is 87.5 Å². The molecule has 4 aliphatic heterocycles. The van der Waals surface area contributed by atoms with E-state index < -0.39 is 39.7 Å². The number of primary amides is 1. The van der Waals surface area contributed by atoms with Gasteiger partial charge in [0.1, 0.15) is 46.4 Å². The Hall–Kier alpha value is -7.43. The van der Waals surface area contributed by atoms with Gasteiger partial charge in [0.15, 0.2) is 37.1 Å². The summed E-state index contributed by atoms with van der Waals surface area (Å²) in [5.41, 5.74) is 15.7. The molecule has 14 rings (SSSR count). The van der Waals surface area contributed by atoms with Gasteiger partial charge in [-0.2, -0.15) is 0 Å². The van der Waals surface area contributed by atoms with E-state index in [1.165, 1.54) is 84.9 Å². The molecule has 4 heterocycles. The number of urea groups is 1. The predicted octanol–water partition coefficient (Wildman–Crippen LogP) is 13.3. The number of halogens is 13. The molecule has 2 radical (unpaired) electrons. The molecule has 10 aromatic carbocycles. The van der Waals surface area contributed by atoms with Crippen LogP contribution >= 0.6 is 165 Å². The van der Waals surface area contributed by atoms with Crippen molar-refractivity contribution in [1.82, 2.24) is 39.2 Å². The van der Waals surface area contributed by atoms with Crippen LogP contribution in [0.1, 0.15) is 64.3 Å². The fourth-order valence-corrected chi connectivity index (χ4v) is 17.3. The van der Waals surface area contributed by atoms with Crippen LogP contribution in [-0.4, -0.2) is 269 Å². The van der Waals surface area contributed by atoms with Crippen molar-refractivity contribution in [3.63, 3.8) is 0 Å². The Balaban J connectivity index is 0.000000877. The Morgan fingerprint density at radius 3 is 0.966 bits per heavy atom. The van der Waals surface area contributed by atoms with Gasteiger partial charge in [-0.25, -0.2) is 27.6 Å². The SMILES string of the molecule is C.CCO.C[C@@H]1CN(Cc2ccc(F)cc2)CCN1C(=O)CCl.C[C@@H]1CN(Cc2ccc(F)cc2)CCN1C(=O)COc1ccc(I)cc1N.C[C@@H]1CN(Cc2ccc(F)cc2)CCN1C(=O)COc1ccc(I)cc1NC(N)=O.C[C@@H]1CN(Cc2ccc(F)cc2)CCN1C(=O)COc1ccc(I)cc1[N+](=O)[O-].N#C[O-].O.O.O=[N+]([O-])c1cc(I)ccc1O.O=[N+]([O-])c1cc(I)ccc1O.Oc1ccc(I)cc1.[Cl][Sn][Cl].[K+]. The molecule has 10 aromatic rings. The monoisotopic (exact) mass is 2930 g/mol. The van der Waals surface area contributed by atoms with E-state index in [0.29, 0.717) is 87.2 Å². The Bertz CT molecular complexity index is 5750. The summed E-state index contributed by atoms with van der Waals surface area (Å²) in [7, 11) is 9.87. The molecule has 148 heavy (non-hydrogen) atoms. The van der Waals surface area contributed by atoms with E-state index in [1.54, 1.807) is 114 Å². The van der Waals surface area contributed by atoms with Gasteiger partial charge in [0, 0.05) is 181 Å². The molecule has 0 spiro atoms. The van der Waals surface area contributed by atoms with Crippen LogP contribution in [0.4, 0.5) is 50.8 Å². The summed E-state index contributed by atoms with van der Waals surface area (Å²) in [6, 6.07) is 56.4. The Morgan fingerprint density at radius 2 is 0.696 bits per heavy atom. The summed E-state index contributed by atoms with van der Waals surface area (Å²) in [5, 5.41) is 83.4. The average Bonchev–Trinajstić information content (AvgIpc) is 0.847. The number of aliphatic hydroxyl groups is 1. The average molecular weight is 2930 g/mol. The minimum absolute atomic E-state index is 0. The number of phenols is 3. The molecular weight excluding hydrogens is 2810 g/mol. The molecule has 6 amide bonds. The maximum Gasteiger partial charge on any atom is 1.00 e. The molecule has 798 valence electrons. The van der Waals surface area contributed by atoms with Gasteiger partial charge < -0.3 is 87.1 Å². The molecule has 36 nitrogen and oxygen atoms in total. The molecule has 4 saturated heterocycles. The third kappa shape index (κ3) is 52.0. The number of amides is 6. The fraction of sp³-hybridized carbons (Fsp3) is 0.320. The number of piperazine rings is 4. The first-order valence-electron chi connectivity index (χ1n) is 43.6. The van der Waals surface area contributed by atoms with Crippen molar-refractivity contribution in [2.45, 2.75) is 92.4 Å². The smallest absolute Gasteiger partial charge is 1.00 e. The number of anilines is 2. The maximum absolute atomic E-state index is 13.1. The van der Waals surface area contributed by atoms with Gasteiger partial charge in [0.25, 0.3) is 17.7 Å². The number of rotatable bonds is 22. The quantitative estimate of drug-likeness (QED) is 0.00484. The summed E-state index contributed by atoms with van der Waals surface area (Å²) in [6.07, 6.45) is 0.500. The van der Waals surface area contributed by atoms with Gasteiger partial charge in [-0.3, -0.25) is 69.1 Å². The minimum Gasteiger partial charge on any atom is 1.00 e. The van der Waals surface area contributed by atoms with Crippen molar-refractivity contribution in [2.75, 3.05) is 122 Å². The summed E-state index contributed by atoms with van der Waals surface area (Å²) in [4.78, 5) is 107. The molecule has 51 heteroatoms. The topological polar surface area (TPSA) is 523 Å². The summed E-state index contributed by atoms with van der Waals surface area (Å²) in [5.74, 6) is -0.514. The summed E-state index contributed by atoms with van der Waals surface area (Å²) in [6.45, 7) is 21.0. The van der Waals surface area contributed by atoms with Crippen LogP contribution in [0, 0.1) is 86.6 Å². The number of carbonyl (C=O) groups excluding carboxylic acids is 5. The number of ether oxygens (including phenoxy) is 3. The molecule has 0 aromatic heterocycles. The number of aliphatic hydroxyl groups excluding tert-OH is 1. The normalized spacial score (nSPS) is 14.9. The van der Waals surface area contributed by atoms with Crippen LogP contribution in [0.25, 0.3) is 0 Å². The number of nitro benzene ring substituents is 3. The van der Waals surface area contributed by atoms with Gasteiger partial charge in [-0.15, -0.1) is 11.6 Å². The standard InChI is InChI=1S/C21H24FIN4O3.C20H21FIN3O4.C20H23FIN3O2.C14H18ClFN2O.2C6H4INO3.C6H5IO.C2H6O.CHNO.CH4.2ClH.K.2H2O.Sn/c1-14-11-26(12-15-2-4-16(22)5-3-15)8-9-27(14)20(28)13-30-19-7-6-17(23)10-18(19)25-21(24)29;1-14-11-23(12-15-2-4-16(21)5-3-15)8-9-24(14)20(26)13-29-19-7-6-17(22)10-18(19)25(27)28;1-14-11-24(12-15-2-4-16(21)5-3-15)8-9-25(14)20(26)13-27-19-7-6-17(22)10-18(19)23;1-11-9-17(6-7-18(11)14(19)8-15)10-12-2-4-13(16)5-3-12;2*7-4-1-2-6(9)5(3-4)8(10)11;7-5-1-3-6(8)4-2-5;1-2-3;2-1-3;;;;;;;/h2-7,10,14H,8-9,11-13H2,1H3,(H3,24,25,29);2-7,10,14H,8-9,11-13H2,1H3;2-7,10,14H,8-9,11-13,23H2,1H3;2-5,11H,6-10H2,1H3;2*1-3,9H;1-4,8H;3H,2H2,1H3;3H;1H4;2*1H;;2*1H2;/q;;;;;;;;;;;;+1;;;+2/p-3/t3*14-;11-;;;;;;;;;;;;/m1111............/s1. The molecule has 4 fully saturated rings. The number of hydrogen-bond acceptors (Lipinski definition) is 25. The Kier molecular flexibility index (Phi) is 69.8. The van der Waals surface area contributed by atoms with Gasteiger partial charge in [0.2, 0.25) is 5.91 Å². The molecule has 0 unspecified atom stereocenters. The number of nitrogens with one attached hydrogen (secondary N) is 1. The van der Waals surface area contributed by atoms with Gasteiger partial charge in [-0.05, 0) is 338 Å². The number of nitriles is 1. The van der Waals surface area contributed by atoms with Crippen LogP contribution in [0.3, 0.4) is 0 Å². The number of nitrogens with zero attached hydrogens (tertiary/aromatic N) is 12. The third-order valence-corrected chi connectivity index (χ3v) is 25.3. The number of nitrogens with two attached hydrogens (primary N) is 2. The van der Waals surface area contributed by atoms with Gasteiger partial charge >= 0.3 is 111 Å². The van der Waals surface area contributed by atoms with E-state index in [0.717, 1.165) is 96.0 Å². The first-order valence-corrected chi connectivity index (χ1v) is 57.8. The van der Waals surface area contributed by atoms with E-state index >= 15 is 0 Å². The van der Waals surface area contributed by atoms with E-state index in [9.17, 15) is 71.9 Å². The number of benzene rings is 10. The fourth-order valence-electron chi connectivity index (χ4n) is 14.3. The first kappa shape index (κ1) is 139. The number of phenolic OH excluding ortho intramolecular Hbond substituents is 3. The summed E-state index contributed by atoms with van der Waals surface area (Å²) < 4.78 is 74.0. The van der Waals surface area contributed by atoms with E-state index in [2.05, 4.69) is 92.7 Å². The van der Waals surface area contributed by atoms with Crippen molar-refractivity contribution in [3.8, 4) is 40.8 Å². The number of aromatic hydroxyl groups is 3. The third-order valence-electron chi connectivity index (χ3n) is 21.0. The number of alkyl halides is 1. The number of carbonyl (C=O) groups is 5. The van der Waals surface area contributed by atoms with Crippen LogP contribution in [-0.2, 0) is 45.4 Å². The van der Waals surface area contributed by atoms with Crippen molar-refractivity contribution in [1.29, 1.82) is 5.26 Å². The molecule has 13 N–H and O–H groups in total. The first-order chi connectivity index (χ1) is 68.4. The Labute approximate surface area is 1000 Å². The number of nitro groups is 3. The number of hydrogen-bond donors (Lipinski definition) is 7. The molecular formula is C97H113Cl3F4I6KN15O21Sn. The zero-order valence-corrected chi connectivity index (χ0v) is 101. The second-order valence-corrected chi connectivity index (χ2v) is 43.6. The predicted molar refractivity (Wildman–Crippen MR) is 606 cm³/mol. The second-order valence-electron chi connectivity index (χ2n) is 31.6. The summed E-state index contributed by atoms with van der Waals surface area (Å²) >= 11 is 17.1. The van der Waals surface area contributed by atoms with Crippen molar-refractivity contribution < 1.29 is 158 Å². The molecule has 0 aliphatic carbocycles. The second kappa shape index (κ2) is 74.6. The zero-order valence-electron chi connectivity index (χ0n) is 80.2. The molecule has 0 saturated carbocycles. The van der Waals surface area contributed by atoms with E-state index in [4.69, 9.17) is 85.9 Å². The van der Waals surface area contributed by atoms with Crippen LogP contribution in [0.2, 0.25) is 0 Å². The van der Waals surface area contributed by atoms with Crippen molar-refractivity contribution >= 4 is 242 Å². The van der Waals surface area contributed by atoms with E-state index in [-0.39, 0.29) is 207 Å². The van der Waals surface area contributed by atoms with Crippen molar-refractivity contribution in [3.05, 3.63) is 310 Å². The number of nitrogen functional groups attached to an aromatic ring is 1. The van der Waals surface area contributed by atoms with Gasteiger partial charge in [0.05, 0.1) is 26.1 Å². The largest absolute Gasteiger partial charge is 1.00 e. The zero-order chi connectivity index (χ0) is 107. The molecule has 4 atom stereocenters. The Morgan fingerprint density at radius 1 is 0.446 bits per heavy atom. The van der Waals surface area contributed by atoms with Crippen LogP contribution in [0.5, 0.6) is 34.5 Å². The van der Waals surface area contributed by atoms with Crippen molar-refractivity contribution in [2.24, 2.45) is 5.73 Å². The molecule has 4 aliphatic rings. The maximum atomic E-state index is 13.1.